The van der Waals surface area contributed by atoms with E-state index in [-0.39, 0.29) is 18.3 Å². The summed E-state index contributed by atoms with van der Waals surface area (Å²) in [7, 11) is 0. The first kappa shape index (κ1) is 19.9. The summed E-state index contributed by atoms with van der Waals surface area (Å²) in [5.41, 5.74) is 13.9. The third kappa shape index (κ3) is 4.42. The van der Waals surface area contributed by atoms with Crippen molar-refractivity contribution in [3.8, 4) is 0 Å². The molecule has 0 saturated carbocycles. The van der Waals surface area contributed by atoms with E-state index in [9.17, 15) is 4.79 Å². The molecule has 0 aromatic heterocycles. The molecule has 2 aromatic rings. The van der Waals surface area contributed by atoms with Gasteiger partial charge in [-0.2, -0.15) is 0 Å². The number of likely N-dealkylation sites (tertiary alicyclic amines) is 1. The molecule has 3 rings (SSSR count). The molecule has 1 aliphatic rings. The fourth-order valence-corrected chi connectivity index (χ4v) is 3.90. The van der Waals surface area contributed by atoms with Crippen molar-refractivity contribution in [2.45, 2.75) is 12.0 Å². The van der Waals surface area contributed by atoms with Crippen molar-refractivity contribution in [3.63, 3.8) is 0 Å². The van der Waals surface area contributed by atoms with Gasteiger partial charge in [0.05, 0.1) is 0 Å². The Morgan fingerprint density at radius 1 is 1.12 bits per heavy atom. The van der Waals surface area contributed by atoms with Crippen LogP contribution in [0.4, 0.5) is 0 Å². The van der Waals surface area contributed by atoms with Gasteiger partial charge >= 0.3 is 0 Å². The quantitative estimate of drug-likeness (QED) is 0.775. The molecular formula is C19H23BrClN3O. The number of primary amides is 1. The average Bonchev–Trinajstić information content (AvgIpc) is 3.01. The summed E-state index contributed by atoms with van der Waals surface area (Å²) in [6.07, 6.45) is 0. The van der Waals surface area contributed by atoms with Crippen LogP contribution in [0.1, 0.15) is 23.1 Å². The highest BCUT2D eigenvalue weighted by Gasteiger charge is 2.38. The van der Waals surface area contributed by atoms with E-state index in [0.717, 1.165) is 23.1 Å². The smallest absolute Gasteiger partial charge is 0.239 e. The number of amides is 1. The van der Waals surface area contributed by atoms with Gasteiger partial charge in [0.2, 0.25) is 5.91 Å². The molecule has 25 heavy (non-hydrogen) atoms. The third-order valence-electron chi connectivity index (χ3n) is 4.82. The van der Waals surface area contributed by atoms with Gasteiger partial charge in [-0.05, 0) is 35.7 Å². The maximum Gasteiger partial charge on any atom is 0.239 e. The minimum absolute atomic E-state index is 0. The van der Waals surface area contributed by atoms with Gasteiger partial charge in [0.1, 0.15) is 6.04 Å². The topological polar surface area (TPSA) is 72.3 Å². The van der Waals surface area contributed by atoms with Gasteiger partial charge < -0.3 is 11.5 Å². The molecule has 3 atom stereocenters. The van der Waals surface area contributed by atoms with Crippen molar-refractivity contribution in [3.05, 3.63) is 70.2 Å². The maximum atomic E-state index is 12.1. The molecule has 1 saturated heterocycles. The highest BCUT2D eigenvalue weighted by atomic mass is 79.9. The Morgan fingerprint density at radius 3 is 2.32 bits per heavy atom. The maximum absolute atomic E-state index is 12.1. The molecule has 1 fully saturated rings. The van der Waals surface area contributed by atoms with Crippen molar-refractivity contribution in [2.75, 3.05) is 19.6 Å². The lowest BCUT2D eigenvalue weighted by atomic mass is 9.89. The van der Waals surface area contributed by atoms with Crippen molar-refractivity contribution in [1.82, 2.24) is 4.90 Å². The number of benzene rings is 2. The number of nitrogens with zero attached hydrogens (tertiary/aromatic N) is 1. The zero-order valence-corrected chi connectivity index (χ0v) is 16.2. The van der Waals surface area contributed by atoms with Crippen LogP contribution in [-0.4, -0.2) is 30.4 Å². The van der Waals surface area contributed by atoms with E-state index in [1.54, 1.807) is 0 Å². The molecule has 4 N–H and O–H groups in total. The van der Waals surface area contributed by atoms with E-state index in [2.05, 4.69) is 33.0 Å². The first-order valence-electron chi connectivity index (χ1n) is 8.14. The lowest BCUT2D eigenvalue weighted by Gasteiger charge is -2.25. The Hall–Kier alpha value is -1.40. The minimum atomic E-state index is -0.416. The highest BCUT2D eigenvalue weighted by Crippen LogP contribution is 2.36. The van der Waals surface area contributed by atoms with Gasteiger partial charge in [0.15, 0.2) is 0 Å². The van der Waals surface area contributed by atoms with Crippen LogP contribution >= 0.6 is 28.3 Å². The SMILES string of the molecule is Cl.NC[C@@H]1CN(C(C(N)=O)c2ccc(Br)cc2)C[C@H]1c1ccccc1. The predicted octanol–water partition coefficient (Wildman–Crippen LogP) is 3.07. The van der Waals surface area contributed by atoms with Crippen LogP contribution < -0.4 is 11.5 Å². The van der Waals surface area contributed by atoms with Crippen molar-refractivity contribution in [2.24, 2.45) is 17.4 Å². The summed E-state index contributed by atoms with van der Waals surface area (Å²) in [6, 6.07) is 17.7. The molecule has 1 amide bonds. The third-order valence-corrected chi connectivity index (χ3v) is 5.35. The van der Waals surface area contributed by atoms with E-state index >= 15 is 0 Å². The second-order valence-electron chi connectivity index (χ2n) is 6.32. The van der Waals surface area contributed by atoms with Crippen LogP contribution in [0.5, 0.6) is 0 Å². The first-order valence-corrected chi connectivity index (χ1v) is 8.93. The lowest BCUT2D eigenvalue weighted by molar-refractivity contribution is -0.123. The summed E-state index contributed by atoms with van der Waals surface area (Å²) in [5.74, 6) is 0.333. The van der Waals surface area contributed by atoms with Gasteiger partial charge in [-0.3, -0.25) is 9.69 Å². The summed E-state index contributed by atoms with van der Waals surface area (Å²) in [5, 5.41) is 0. The zero-order chi connectivity index (χ0) is 17.1. The monoisotopic (exact) mass is 423 g/mol. The average molecular weight is 425 g/mol. The van der Waals surface area contributed by atoms with Gasteiger partial charge in [-0.15, -0.1) is 12.4 Å². The fraction of sp³-hybridized carbons (Fsp3) is 0.316. The number of rotatable bonds is 5. The van der Waals surface area contributed by atoms with Crippen LogP contribution in [0.25, 0.3) is 0 Å². The van der Waals surface area contributed by atoms with Crippen LogP contribution in [0.2, 0.25) is 0 Å². The molecule has 0 aliphatic carbocycles. The molecule has 4 nitrogen and oxygen atoms in total. The summed E-state index contributed by atoms with van der Waals surface area (Å²) in [6.45, 7) is 2.16. The second kappa shape index (κ2) is 8.81. The van der Waals surface area contributed by atoms with Gasteiger partial charge in [0.25, 0.3) is 0 Å². The Balaban J connectivity index is 0.00000225. The summed E-state index contributed by atoms with van der Waals surface area (Å²) in [4.78, 5) is 14.3. The van der Waals surface area contributed by atoms with E-state index in [4.69, 9.17) is 11.5 Å². The minimum Gasteiger partial charge on any atom is -0.368 e. The molecule has 2 aromatic carbocycles. The Labute approximate surface area is 163 Å². The number of carbonyl (C=O) groups is 1. The number of hydrogen-bond donors (Lipinski definition) is 2. The number of halogens is 2. The van der Waals surface area contributed by atoms with Gasteiger partial charge in [-0.25, -0.2) is 0 Å². The number of carbonyl (C=O) groups excluding carboxylic acids is 1. The Kier molecular flexibility index (Phi) is 7.02. The Bertz CT molecular complexity index is 696. The molecule has 134 valence electrons. The van der Waals surface area contributed by atoms with E-state index in [0.29, 0.717) is 18.4 Å². The van der Waals surface area contributed by atoms with Crippen LogP contribution in [0, 0.1) is 5.92 Å². The molecular weight excluding hydrogens is 402 g/mol. The Morgan fingerprint density at radius 2 is 1.76 bits per heavy atom. The van der Waals surface area contributed by atoms with Crippen molar-refractivity contribution in [1.29, 1.82) is 0 Å². The molecule has 0 bridgehead atoms. The standard InChI is InChI=1S/C19H22BrN3O.ClH/c20-16-8-6-14(7-9-16)18(19(22)24)23-11-15(10-21)17(12-23)13-4-2-1-3-5-13;/h1-9,15,17-18H,10-12,21H2,(H2,22,24);1H/t15-,17+,18?;/m1./s1. The lowest BCUT2D eigenvalue weighted by Crippen LogP contribution is -2.37. The van der Waals surface area contributed by atoms with Gasteiger partial charge in [0, 0.05) is 23.5 Å². The first-order chi connectivity index (χ1) is 11.6. The summed E-state index contributed by atoms with van der Waals surface area (Å²) >= 11 is 3.43. The van der Waals surface area contributed by atoms with Crippen LogP contribution in [0.3, 0.4) is 0 Å². The number of nitrogens with two attached hydrogens (primary N) is 2. The zero-order valence-electron chi connectivity index (χ0n) is 13.8. The van der Waals surface area contributed by atoms with E-state index < -0.39 is 6.04 Å². The van der Waals surface area contributed by atoms with Crippen molar-refractivity contribution < 1.29 is 4.79 Å². The highest BCUT2D eigenvalue weighted by molar-refractivity contribution is 9.10. The molecule has 1 unspecified atom stereocenters. The predicted molar refractivity (Wildman–Crippen MR) is 107 cm³/mol. The molecule has 0 spiro atoms. The van der Waals surface area contributed by atoms with Crippen LogP contribution in [-0.2, 0) is 4.79 Å². The number of hydrogen-bond acceptors (Lipinski definition) is 3. The fourth-order valence-electron chi connectivity index (χ4n) is 3.63. The normalized spacial score (nSPS) is 21.5. The molecule has 1 heterocycles. The molecule has 6 heteroatoms. The molecule has 1 aliphatic heterocycles. The van der Waals surface area contributed by atoms with E-state index in [1.807, 2.05) is 42.5 Å². The molecule has 0 radical (unpaired) electrons. The largest absolute Gasteiger partial charge is 0.368 e. The van der Waals surface area contributed by atoms with Gasteiger partial charge in [-0.1, -0.05) is 58.4 Å². The van der Waals surface area contributed by atoms with Crippen LogP contribution in [0.15, 0.2) is 59.1 Å². The summed E-state index contributed by atoms with van der Waals surface area (Å²) < 4.78 is 0.984. The van der Waals surface area contributed by atoms with Crippen molar-refractivity contribution >= 4 is 34.2 Å². The van der Waals surface area contributed by atoms with E-state index in [1.165, 1.54) is 5.56 Å². The second-order valence-corrected chi connectivity index (χ2v) is 7.24.